The molecule has 1 aromatic carbocycles. The maximum absolute atomic E-state index is 12.3. The molecule has 1 rings (SSSR count). The number of hydrogen-bond acceptors (Lipinski definition) is 4. The van der Waals surface area contributed by atoms with E-state index in [-0.39, 0.29) is 15.9 Å². The Hall–Kier alpha value is -0.893. The quantitative estimate of drug-likeness (QED) is 0.707. The maximum atomic E-state index is 12.3. The van der Waals surface area contributed by atoms with Gasteiger partial charge in [-0.25, -0.2) is 13.1 Å². The Labute approximate surface area is 147 Å². The molecular weight excluding hydrogens is 342 g/mol. The Balaban J connectivity index is 2.58. The lowest BCUT2D eigenvalue weighted by molar-refractivity contribution is 0.238. The molecule has 1 N–H and O–H groups in total. The summed E-state index contributed by atoms with van der Waals surface area (Å²) in [5.74, 6) is 0.734. The van der Waals surface area contributed by atoms with Crippen LogP contribution in [0.25, 0.3) is 0 Å². The van der Waals surface area contributed by atoms with Crippen molar-refractivity contribution in [3.63, 3.8) is 0 Å². The number of hydrogen-bond donors (Lipinski definition) is 1. The minimum absolute atomic E-state index is 0.104. The summed E-state index contributed by atoms with van der Waals surface area (Å²) in [6.45, 7) is 13.9. The molecule has 24 heavy (non-hydrogen) atoms. The number of ether oxygens (including phenoxy) is 1. The van der Waals surface area contributed by atoms with Crippen LogP contribution in [0, 0.1) is 5.92 Å². The number of methoxy groups -OCH3 is 1. The normalized spacial score (nSPS) is 14.5. The van der Waals surface area contributed by atoms with Crippen LogP contribution in [-0.2, 0) is 14.4 Å². The molecule has 0 saturated heterocycles. The van der Waals surface area contributed by atoms with Crippen LogP contribution in [0.1, 0.15) is 27.7 Å². The van der Waals surface area contributed by atoms with Gasteiger partial charge in [0.25, 0.3) is 0 Å². The van der Waals surface area contributed by atoms with Crippen molar-refractivity contribution < 1.29 is 17.6 Å². The molecule has 0 aliphatic carbocycles. The fourth-order valence-electron chi connectivity index (χ4n) is 1.72. The average molecular weight is 374 g/mol. The van der Waals surface area contributed by atoms with E-state index in [1.165, 1.54) is 12.1 Å². The van der Waals surface area contributed by atoms with Gasteiger partial charge in [0.2, 0.25) is 10.0 Å². The van der Waals surface area contributed by atoms with Crippen molar-refractivity contribution in [2.45, 2.75) is 50.7 Å². The second kappa shape index (κ2) is 7.99. The first-order chi connectivity index (χ1) is 10.9. The third-order valence-electron chi connectivity index (χ3n) is 4.53. The molecule has 0 saturated carbocycles. The molecule has 7 heteroatoms. The van der Waals surface area contributed by atoms with E-state index in [1.54, 1.807) is 19.2 Å². The van der Waals surface area contributed by atoms with Crippen molar-refractivity contribution in [2.75, 3.05) is 20.3 Å². The molecule has 0 radical (unpaired) electrons. The highest BCUT2D eigenvalue weighted by Gasteiger charge is 2.37. The van der Waals surface area contributed by atoms with Crippen molar-refractivity contribution in [3.8, 4) is 5.75 Å². The van der Waals surface area contributed by atoms with Gasteiger partial charge in [0.15, 0.2) is 8.32 Å². The third kappa shape index (κ3) is 5.88. The summed E-state index contributed by atoms with van der Waals surface area (Å²) in [6.07, 6.45) is 0. The minimum atomic E-state index is -3.51. The van der Waals surface area contributed by atoms with Crippen LogP contribution < -0.4 is 9.46 Å². The zero-order valence-corrected chi connectivity index (χ0v) is 17.7. The van der Waals surface area contributed by atoms with Gasteiger partial charge in [-0.05, 0) is 48.3 Å². The van der Waals surface area contributed by atoms with Gasteiger partial charge in [0.05, 0.1) is 12.0 Å². The van der Waals surface area contributed by atoms with Crippen LogP contribution >= 0.6 is 0 Å². The summed E-state index contributed by atoms with van der Waals surface area (Å²) in [7, 11) is -3.77. The van der Waals surface area contributed by atoms with Crippen LogP contribution in [-0.4, -0.2) is 37.0 Å². The van der Waals surface area contributed by atoms with Gasteiger partial charge in [-0.1, -0.05) is 27.7 Å². The topological polar surface area (TPSA) is 64.6 Å². The molecule has 0 amide bonds. The van der Waals surface area contributed by atoms with Crippen LogP contribution in [0.15, 0.2) is 29.2 Å². The van der Waals surface area contributed by atoms with Gasteiger partial charge >= 0.3 is 0 Å². The lowest BCUT2D eigenvalue weighted by Gasteiger charge is -2.37. The van der Waals surface area contributed by atoms with Gasteiger partial charge in [-0.2, -0.15) is 0 Å². The smallest absolute Gasteiger partial charge is 0.240 e. The molecule has 1 aromatic rings. The van der Waals surface area contributed by atoms with Crippen molar-refractivity contribution in [2.24, 2.45) is 5.92 Å². The highest BCUT2D eigenvalue weighted by atomic mass is 32.2. The summed E-state index contributed by atoms with van der Waals surface area (Å²) < 4.78 is 38.5. The maximum Gasteiger partial charge on any atom is 0.240 e. The fourth-order valence-corrected chi connectivity index (χ4v) is 4.02. The SMILES string of the molecule is COc1ccc(S(=O)(=O)NCC(C)CO[Si](C)(C)C(C)(C)C)cc1. The summed E-state index contributed by atoms with van der Waals surface area (Å²) in [4.78, 5) is 0.237. The fraction of sp³-hybridized carbons (Fsp3) is 0.647. The van der Waals surface area contributed by atoms with E-state index in [1.807, 2.05) is 6.92 Å². The lowest BCUT2D eigenvalue weighted by atomic mass is 10.2. The van der Waals surface area contributed by atoms with Crippen LogP contribution in [0.4, 0.5) is 0 Å². The van der Waals surface area contributed by atoms with Gasteiger partial charge in [0.1, 0.15) is 5.75 Å². The molecule has 0 spiro atoms. The third-order valence-corrected chi connectivity index (χ3v) is 10.5. The van der Waals surface area contributed by atoms with E-state index >= 15 is 0 Å². The van der Waals surface area contributed by atoms with E-state index in [0.717, 1.165) is 0 Å². The molecule has 1 unspecified atom stereocenters. The van der Waals surface area contributed by atoms with Gasteiger partial charge in [0, 0.05) is 13.2 Å². The summed E-state index contributed by atoms with van der Waals surface area (Å²) in [5.41, 5.74) is 0. The first-order valence-electron chi connectivity index (χ1n) is 8.17. The van der Waals surface area contributed by atoms with Crippen LogP contribution in [0.5, 0.6) is 5.75 Å². The van der Waals surface area contributed by atoms with E-state index in [4.69, 9.17) is 9.16 Å². The predicted octanol–water partition coefficient (Wildman–Crippen LogP) is 3.63. The summed E-state index contributed by atoms with van der Waals surface area (Å²) in [5, 5.41) is 0.148. The van der Waals surface area contributed by atoms with Crippen molar-refractivity contribution in [1.82, 2.24) is 4.72 Å². The van der Waals surface area contributed by atoms with Gasteiger partial charge < -0.3 is 9.16 Å². The van der Waals surface area contributed by atoms with Crippen LogP contribution in [0.2, 0.25) is 18.1 Å². The summed E-state index contributed by atoms with van der Waals surface area (Å²) in [6, 6.07) is 6.35. The molecule has 0 bridgehead atoms. The van der Waals surface area contributed by atoms with Gasteiger partial charge in [-0.3, -0.25) is 0 Å². The minimum Gasteiger partial charge on any atom is -0.497 e. The highest BCUT2D eigenvalue weighted by molar-refractivity contribution is 7.89. The van der Waals surface area contributed by atoms with Crippen molar-refractivity contribution in [3.05, 3.63) is 24.3 Å². The first kappa shape index (κ1) is 21.2. The van der Waals surface area contributed by atoms with Crippen LogP contribution in [0.3, 0.4) is 0 Å². The molecule has 5 nitrogen and oxygen atoms in total. The Bertz CT molecular complexity index is 621. The monoisotopic (exact) mass is 373 g/mol. The Morgan fingerprint density at radius 3 is 2.17 bits per heavy atom. The van der Waals surface area contributed by atoms with E-state index < -0.39 is 18.3 Å². The molecule has 0 aliphatic heterocycles. The van der Waals surface area contributed by atoms with E-state index in [9.17, 15) is 8.42 Å². The zero-order valence-electron chi connectivity index (χ0n) is 15.8. The molecule has 0 aromatic heterocycles. The second-order valence-corrected chi connectivity index (χ2v) is 14.3. The first-order valence-corrected chi connectivity index (χ1v) is 12.6. The Morgan fingerprint density at radius 1 is 1.17 bits per heavy atom. The predicted molar refractivity (Wildman–Crippen MR) is 100 cm³/mol. The summed E-state index contributed by atoms with van der Waals surface area (Å²) >= 11 is 0. The van der Waals surface area contributed by atoms with Crippen molar-refractivity contribution in [1.29, 1.82) is 0 Å². The standard InChI is InChI=1S/C17H31NO4SSi/c1-14(13-22-24(6,7)17(2,3)4)12-18-23(19,20)16-10-8-15(21-5)9-11-16/h8-11,14,18H,12-13H2,1-7H3. The van der Waals surface area contributed by atoms with Gasteiger partial charge in [-0.15, -0.1) is 0 Å². The number of nitrogens with one attached hydrogen (secondary N) is 1. The molecule has 0 heterocycles. The molecule has 138 valence electrons. The number of sulfonamides is 1. The molecule has 0 fully saturated rings. The second-order valence-electron chi connectivity index (χ2n) is 7.70. The largest absolute Gasteiger partial charge is 0.497 e. The highest BCUT2D eigenvalue weighted by Crippen LogP contribution is 2.36. The van der Waals surface area contributed by atoms with Crippen molar-refractivity contribution >= 4 is 18.3 Å². The van der Waals surface area contributed by atoms with E-state index in [2.05, 4.69) is 38.6 Å². The Morgan fingerprint density at radius 2 is 1.71 bits per heavy atom. The molecule has 0 aliphatic rings. The number of benzene rings is 1. The lowest BCUT2D eigenvalue weighted by Crippen LogP contribution is -2.42. The zero-order chi connectivity index (χ0) is 18.6. The average Bonchev–Trinajstić information content (AvgIpc) is 2.50. The molecular formula is C17H31NO4SSi. The van der Waals surface area contributed by atoms with E-state index in [0.29, 0.717) is 18.9 Å². The molecule has 1 atom stereocenters. The Kier molecular flexibility index (Phi) is 7.04. The number of rotatable bonds is 8.